The first-order chi connectivity index (χ1) is 13.1. The number of aryl methyl sites for hydroxylation is 1. The number of anilines is 1. The Kier molecular flexibility index (Phi) is 4.94. The van der Waals surface area contributed by atoms with E-state index in [-0.39, 0.29) is 35.5 Å². The van der Waals surface area contributed by atoms with Crippen molar-refractivity contribution in [3.05, 3.63) is 41.5 Å². The van der Waals surface area contributed by atoms with Crippen LogP contribution in [-0.4, -0.2) is 43.0 Å². The van der Waals surface area contributed by atoms with Gasteiger partial charge >= 0.3 is 5.97 Å². The molecule has 5 nitrogen and oxygen atoms in total. The largest absolute Gasteiger partial charge is 0.466 e. The van der Waals surface area contributed by atoms with Crippen LogP contribution in [0, 0.1) is 23.7 Å². The minimum atomic E-state index is -0.166. The van der Waals surface area contributed by atoms with Gasteiger partial charge in [0.2, 0.25) is 0 Å². The molecule has 2 aliphatic heterocycles. The van der Waals surface area contributed by atoms with E-state index in [1.54, 1.807) is 0 Å². The SMILES string of the molecule is CCOC(=O)[C@H]1[C@@H]2CN(C(=O)c3cccc4c3NCCC4)C[C@@H]2C=C[C@@H]1C. The standard InChI is InChI=1S/C22H28N2O3/c1-3-27-22(26)19-14(2)9-10-16-12-24(13-18(16)19)21(25)17-8-4-6-15-7-5-11-23-20(15)17/h4,6,8-10,14,16,18-19,23H,3,5,7,11-13H2,1-2H3/t14-,16-,18+,19+/m0/s1. The predicted molar refractivity (Wildman–Crippen MR) is 105 cm³/mol. The first-order valence-electron chi connectivity index (χ1n) is 10.1. The summed E-state index contributed by atoms with van der Waals surface area (Å²) >= 11 is 0. The average Bonchev–Trinajstić information content (AvgIpc) is 3.11. The Labute approximate surface area is 160 Å². The van der Waals surface area contributed by atoms with Crippen LogP contribution in [0.1, 0.15) is 36.2 Å². The molecule has 3 aliphatic rings. The third-order valence-electron chi connectivity index (χ3n) is 6.25. The van der Waals surface area contributed by atoms with Crippen LogP contribution in [0.15, 0.2) is 30.4 Å². The molecule has 0 radical (unpaired) electrons. The van der Waals surface area contributed by atoms with Crippen molar-refractivity contribution in [1.29, 1.82) is 0 Å². The number of para-hydroxylation sites is 1. The molecular formula is C22H28N2O3. The minimum Gasteiger partial charge on any atom is -0.466 e. The van der Waals surface area contributed by atoms with E-state index in [9.17, 15) is 9.59 Å². The van der Waals surface area contributed by atoms with E-state index in [1.165, 1.54) is 5.56 Å². The van der Waals surface area contributed by atoms with Crippen LogP contribution in [0.5, 0.6) is 0 Å². The number of likely N-dealkylation sites (tertiary alicyclic amines) is 1. The molecule has 1 aromatic carbocycles. The molecule has 2 heterocycles. The van der Waals surface area contributed by atoms with Gasteiger partial charge in [-0.1, -0.05) is 31.2 Å². The molecule has 4 atom stereocenters. The van der Waals surface area contributed by atoms with Gasteiger partial charge in [-0.15, -0.1) is 0 Å². The summed E-state index contributed by atoms with van der Waals surface area (Å²) < 4.78 is 5.33. The topological polar surface area (TPSA) is 58.6 Å². The lowest BCUT2D eigenvalue weighted by Gasteiger charge is -2.31. The quantitative estimate of drug-likeness (QED) is 0.658. The molecule has 5 heteroatoms. The molecule has 27 heavy (non-hydrogen) atoms. The van der Waals surface area contributed by atoms with E-state index in [0.717, 1.165) is 30.6 Å². The number of rotatable bonds is 3. The lowest BCUT2D eigenvalue weighted by Crippen LogP contribution is -2.37. The van der Waals surface area contributed by atoms with Gasteiger partial charge in [0.15, 0.2) is 0 Å². The van der Waals surface area contributed by atoms with E-state index < -0.39 is 0 Å². The number of fused-ring (bicyclic) bond motifs is 2. The van der Waals surface area contributed by atoms with Crippen LogP contribution in [0.4, 0.5) is 5.69 Å². The van der Waals surface area contributed by atoms with Gasteiger partial charge < -0.3 is 15.0 Å². The zero-order chi connectivity index (χ0) is 19.0. The highest BCUT2D eigenvalue weighted by Gasteiger charge is 2.46. The maximum absolute atomic E-state index is 13.3. The third kappa shape index (κ3) is 3.24. The third-order valence-corrected chi connectivity index (χ3v) is 6.25. The Bertz CT molecular complexity index is 773. The second-order valence-corrected chi connectivity index (χ2v) is 7.93. The smallest absolute Gasteiger partial charge is 0.309 e. The molecule has 1 saturated heterocycles. The molecule has 1 aromatic rings. The van der Waals surface area contributed by atoms with Crippen LogP contribution < -0.4 is 5.32 Å². The van der Waals surface area contributed by atoms with Crippen molar-refractivity contribution in [2.45, 2.75) is 26.7 Å². The first-order valence-corrected chi connectivity index (χ1v) is 10.1. The van der Waals surface area contributed by atoms with Crippen molar-refractivity contribution in [1.82, 2.24) is 4.90 Å². The van der Waals surface area contributed by atoms with Gasteiger partial charge in [0.05, 0.1) is 23.8 Å². The van der Waals surface area contributed by atoms with E-state index in [2.05, 4.69) is 30.5 Å². The summed E-state index contributed by atoms with van der Waals surface area (Å²) in [4.78, 5) is 27.7. The number of amides is 1. The highest BCUT2D eigenvalue weighted by Crippen LogP contribution is 2.41. The number of nitrogens with zero attached hydrogens (tertiary/aromatic N) is 1. The summed E-state index contributed by atoms with van der Waals surface area (Å²) in [7, 11) is 0. The van der Waals surface area contributed by atoms with E-state index >= 15 is 0 Å². The minimum absolute atomic E-state index is 0.0688. The Morgan fingerprint density at radius 2 is 2.11 bits per heavy atom. The number of allylic oxidation sites excluding steroid dienone is 1. The Hall–Kier alpha value is -2.30. The van der Waals surface area contributed by atoms with Gasteiger partial charge in [-0.25, -0.2) is 0 Å². The number of nitrogens with one attached hydrogen (secondary N) is 1. The summed E-state index contributed by atoms with van der Waals surface area (Å²) in [5, 5.41) is 3.41. The van der Waals surface area contributed by atoms with Gasteiger partial charge in [-0.05, 0) is 49.1 Å². The normalized spacial score (nSPS) is 28.9. The fourth-order valence-electron chi connectivity index (χ4n) is 4.92. The van der Waals surface area contributed by atoms with Gasteiger partial charge in [-0.2, -0.15) is 0 Å². The fourth-order valence-corrected chi connectivity index (χ4v) is 4.92. The predicted octanol–water partition coefficient (Wildman–Crippen LogP) is 3.12. The summed E-state index contributed by atoms with van der Waals surface area (Å²) in [5.74, 6) is 0.288. The Morgan fingerprint density at radius 3 is 2.93 bits per heavy atom. The van der Waals surface area contributed by atoms with Crippen molar-refractivity contribution in [2.24, 2.45) is 23.7 Å². The number of esters is 1. The Balaban J connectivity index is 1.57. The van der Waals surface area contributed by atoms with Crippen molar-refractivity contribution < 1.29 is 14.3 Å². The molecule has 1 aliphatic carbocycles. The lowest BCUT2D eigenvalue weighted by molar-refractivity contribution is -0.152. The number of carbonyl (C=O) groups is 2. The van der Waals surface area contributed by atoms with Gasteiger partial charge in [-0.3, -0.25) is 9.59 Å². The van der Waals surface area contributed by atoms with Gasteiger partial charge in [0.25, 0.3) is 5.91 Å². The number of hydrogen-bond acceptors (Lipinski definition) is 4. The van der Waals surface area contributed by atoms with Crippen molar-refractivity contribution >= 4 is 17.6 Å². The number of hydrogen-bond donors (Lipinski definition) is 1. The highest BCUT2D eigenvalue weighted by molar-refractivity contribution is 6.00. The molecule has 0 saturated carbocycles. The Morgan fingerprint density at radius 1 is 1.26 bits per heavy atom. The van der Waals surface area contributed by atoms with Crippen molar-refractivity contribution in [3.8, 4) is 0 Å². The van der Waals surface area contributed by atoms with Crippen LogP contribution >= 0.6 is 0 Å². The summed E-state index contributed by atoms with van der Waals surface area (Å²) in [6.07, 6.45) is 6.42. The fraction of sp³-hybridized carbons (Fsp3) is 0.545. The van der Waals surface area contributed by atoms with Crippen LogP contribution in [-0.2, 0) is 16.0 Å². The monoisotopic (exact) mass is 368 g/mol. The van der Waals surface area contributed by atoms with Gasteiger partial charge in [0, 0.05) is 19.6 Å². The second kappa shape index (κ2) is 7.37. The number of ether oxygens (including phenoxy) is 1. The molecule has 0 unspecified atom stereocenters. The molecule has 4 rings (SSSR count). The summed E-state index contributed by atoms with van der Waals surface area (Å²) in [6.45, 7) is 6.50. The average molecular weight is 368 g/mol. The molecule has 1 amide bonds. The molecular weight excluding hydrogens is 340 g/mol. The second-order valence-electron chi connectivity index (χ2n) is 7.93. The molecule has 1 N–H and O–H groups in total. The zero-order valence-electron chi connectivity index (χ0n) is 16.1. The summed E-state index contributed by atoms with van der Waals surface area (Å²) in [6, 6.07) is 6.00. The molecule has 0 spiro atoms. The molecule has 0 aromatic heterocycles. The van der Waals surface area contributed by atoms with E-state index in [4.69, 9.17) is 4.74 Å². The zero-order valence-corrected chi connectivity index (χ0v) is 16.1. The molecule has 0 bridgehead atoms. The van der Waals surface area contributed by atoms with E-state index in [0.29, 0.717) is 19.7 Å². The number of carbonyl (C=O) groups excluding carboxylic acids is 2. The van der Waals surface area contributed by atoms with Crippen LogP contribution in [0.2, 0.25) is 0 Å². The van der Waals surface area contributed by atoms with Crippen LogP contribution in [0.25, 0.3) is 0 Å². The van der Waals surface area contributed by atoms with E-state index in [1.807, 2.05) is 24.0 Å². The first kappa shape index (κ1) is 18.1. The van der Waals surface area contributed by atoms with Crippen LogP contribution in [0.3, 0.4) is 0 Å². The highest BCUT2D eigenvalue weighted by atomic mass is 16.5. The van der Waals surface area contributed by atoms with Crippen molar-refractivity contribution in [3.63, 3.8) is 0 Å². The van der Waals surface area contributed by atoms with Gasteiger partial charge in [0.1, 0.15) is 0 Å². The summed E-state index contributed by atoms with van der Waals surface area (Å²) in [5.41, 5.74) is 2.98. The van der Waals surface area contributed by atoms with Crippen molar-refractivity contribution in [2.75, 3.05) is 31.6 Å². The lowest BCUT2D eigenvalue weighted by atomic mass is 9.72. The number of benzene rings is 1. The maximum Gasteiger partial charge on any atom is 0.309 e. The maximum atomic E-state index is 13.3. The molecule has 144 valence electrons. The molecule has 1 fully saturated rings.